The van der Waals surface area contributed by atoms with Gasteiger partial charge in [0.15, 0.2) is 0 Å². The van der Waals surface area contributed by atoms with E-state index in [1.165, 1.54) is 36.9 Å². The number of carboxylic acid groups (broad SMARTS) is 1. The van der Waals surface area contributed by atoms with E-state index in [1.807, 2.05) is 24.3 Å². The van der Waals surface area contributed by atoms with Gasteiger partial charge < -0.3 is 10.4 Å². The number of fused-ring (bicyclic) bond motifs is 2. The summed E-state index contributed by atoms with van der Waals surface area (Å²) in [5.41, 5.74) is 4.22. The summed E-state index contributed by atoms with van der Waals surface area (Å²) >= 11 is 1.80. The van der Waals surface area contributed by atoms with Crippen LogP contribution in [0.2, 0.25) is 0 Å². The molecule has 2 N–H and O–H groups in total. The number of thiophene rings is 1. The molecule has 0 amide bonds. The number of rotatable bonds is 6. The standard InChI is InChI=1S/C27H21NO2S/c29-26(30)14-18-5-3-9-23(13-18)28-17-24-16-22-8-4-10-25(27(22)31-24)21-12-11-19-6-1-2-7-20(19)15-21/h1-13,15-16,28H,14,17H2,(H,29,30). The monoisotopic (exact) mass is 423 g/mol. The Kier molecular flexibility index (Phi) is 5.14. The normalized spacial score (nSPS) is 11.1. The van der Waals surface area contributed by atoms with Gasteiger partial charge in [0.25, 0.3) is 0 Å². The molecule has 0 unspecified atom stereocenters. The van der Waals surface area contributed by atoms with Crippen LogP contribution >= 0.6 is 11.3 Å². The Balaban J connectivity index is 1.42. The van der Waals surface area contributed by atoms with Gasteiger partial charge in [0.1, 0.15) is 0 Å². The van der Waals surface area contributed by atoms with Crippen molar-refractivity contribution in [3.05, 3.63) is 101 Å². The summed E-state index contributed by atoms with van der Waals surface area (Å²) in [6.45, 7) is 0.701. The van der Waals surface area contributed by atoms with Crippen LogP contribution in [0.5, 0.6) is 0 Å². The van der Waals surface area contributed by atoms with Crippen LogP contribution in [0, 0.1) is 0 Å². The predicted octanol–water partition coefficient (Wildman–Crippen LogP) is 6.96. The Hall–Kier alpha value is -3.63. The van der Waals surface area contributed by atoms with Crippen LogP contribution in [0.4, 0.5) is 5.69 Å². The Labute approximate surface area is 184 Å². The smallest absolute Gasteiger partial charge is 0.307 e. The number of nitrogens with one attached hydrogen (secondary N) is 1. The first kappa shape index (κ1) is 19.3. The van der Waals surface area contributed by atoms with E-state index in [9.17, 15) is 4.79 Å². The molecule has 0 aliphatic carbocycles. The summed E-state index contributed by atoms with van der Waals surface area (Å²) in [5.74, 6) is -0.817. The molecule has 0 bridgehead atoms. The fourth-order valence-electron chi connectivity index (χ4n) is 3.94. The third kappa shape index (κ3) is 4.16. The minimum Gasteiger partial charge on any atom is -0.481 e. The van der Waals surface area contributed by atoms with Crippen molar-refractivity contribution < 1.29 is 9.90 Å². The van der Waals surface area contributed by atoms with Crippen LogP contribution in [0.15, 0.2) is 91.0 Å². The Morgan fingerprint density at radius 1 is 0.806 bits per heavy atom. The van der Waals surface area contributed by atoms with Gasteiger partial charge >= 0.3 is 5.97 Å². The highest BCUT2D eigenvalue weighted by atomic mass is 32.1. The first-order chi connectivity index (χ1) is 15.2. The molecule has 5 rings (SSSR count). The molecule has 0 aliphatic rings. The lowest BCUT2D eigenvalue weighted by Gasteiger charge is -2.07. The fourth-order valence-corrected chi connectivity index (χ4v) is 5.08. The summed E-state index contributed by atoms with van der Waals surface area (Å²) in [5, 5.41) is 16.2. The first-order valence-electron chi connectivity index (χ1n) is 10.2. The van der Waals surface area contributed by atoms with Crippen molar-refractivity contribution in [1.29, 1.82) is 0 Å². The molecular formula is C27H21NO2S. The van der Waals surface area contributed by atoms with Crippen molar-refractivity contribution in [2.45, 2.75) is 13.0 Å². The topological polar surface area (TPSA) is 49.3 Å². The van der Waals surface area contributed by atoms with Crippen LogP contribution in [-0.4, -0.2) is 11.1 Å². The van der Waals surface area contributed by atoms with Crippen molar-refractivity contribution in [1.82, 2.24) is 0 Å². The number of carboxylic acids is 1. The summed E-state index contributed by atoms with van der Waals surface area (Å²) in [7, 11) is 0. The number of carbonyl (C=O) groups is 1. The molecule has 1 heterocycles. The van der Waals surface area contributed by atoms with Gasteiger partial charge in [0.2, 0.25) is 0 Å². The highest BCUT2D eigenvalue weighted by molar-refractivity contribution is 7.19. The van der Waals surface area contributed by atoms with E-state index in [0.717, 1.165) is 11.3 Å². The Morgan fingerprint density at radius 3 is 2.48 bits per heavy atom. The van der Waals surface area contributed by atoms with Crippen molar-refractivity contribution in [2.24, 2.45) is 0 Å². The first-order valence-corrected chi connectivity index (χ1v) is 11.0. The molecule has 0 fully saturated rings. The number of benzene rings is 4. The second kappa shape index (κ2) is 8.25. The van der Waals surface area contributed by atoms with Gasteiger partial charge in [0, 0.05) is 21.8 Å². The molecule has 0 atom stereocenters. The number of anilines is 1. The number of hydrogen-bond acceptors (Lipinski definition) is 3. The van der Waals surface area contributed by atoms with Crippen LogP contribution < -0.4 is 5.32 Å². The van der Waals surface area contributed by atoms with Crippen molar-refractivity contribution in [2.75, 3.05) is 5.32 Å². The molecule has 0 spiro atoms. The molecule has 31 heavy (non-hydrogen) atoms. The second-order valence-electron chi connectivity index (χ2n) is 7.62. The molecule has 0 aliphatic heterocycles. The largest absolute Gasteiger partial charge is 0.481 e. The number of aliphatic carboxylic acids is 1. The highest BCUT2D eigenvalue weighted by Gasteiger charge is 2.09. The Morgan fingerprint density at radius 2 is 1.61 bits per heavy atom. The zero-order valence-electron chi connectivity index (χ0n) is 16.8. The average molecular weight is 424 g/mol. The molecule has 4 heteroatoms. The van der Waals surface area contributed by atoms with Gasteiger partial charge in [-0.05, 0) is 57.1 Å². The maximum Gasteiger partial charge on any atom is 0.307 e. The van der Waals surface area contributed by atoms with Crippen LogP contribution in [0.25, 0.3) is 32.0 Å². The predicted molar refractivity (Wildman–Crippen MR) is 130 cm³/mol. The van der Waals surface area contributed by atoms with Gasteiger partial charge in [-0.1, -0.05) is 66.7 Å². The SMILES string of the molecule is O=C(O)Cc1cccc(NCc2cc3cccc(-c4ccc5ccccc5c4)c3s2)c1. The lowest BCUT2D eigenvalue weighted by Crippen LogP contribution is -2.02. The fraction of sp³-hybridized carbons (Fsp3) is 0.0741. The lowest BCUT2D eigenvalue weighted by atomic mass is 10.0. The maximum absolute atomic E-state index is 11.0. The minimum atomic E-state index is -0.817. The third-order valence-electron chi connectivity index (χ3n) is 5.40. The molecule has 3 nitrogen and oxygen atoms in total. The molecular weight excluding hydrogens is 402 g/mol. The summed E-state index contributed by atoms with van der Waals surface area (Å²) < 4.78 is 1.29. The van der Waals surface area contributed by atoms with Crippen LogP contribution in [-0.2, 0) is 17.8 Å². The van der Waals surface area contributed by atoms with E-state index in [1.54, 1.807) is 11.3 Å². The molecule has 1 aromatic heterocycles. The average Bonchev–Trinajstić information content (AvgIpc) is 3.20. The van der Waals surface area contributed by atoms with E-state index in [4.69, 9.17) is 5.11 Å². The van der Waals surface area contributed by atoms with Crippen molar-refractivity contribution in [3.63, 3.8) is 0 Å². The van der Waals surface area contributed by atoms with Gasteiger partial charge in [-0.25, -0.2) is 0 Å². The van der Waals surface area contributed by atoms with Crippen molar-refractivity contribution in [3.8, 4) is 11.1 Å². The van der Waals surface area contributed by atoms with Crippen LogP contribution in [0.1, 0.15) is 10.4 Å². The molecule has 152 valence electrons. The molecule has 5 aromatic rings. The van der Waals surface area contributed by atoms with E-state index >= 15 is 0 Å². The zero-order chi connectivity index (χ0) is 21.2. The van der Waals surface area contributed by atoms with Gasteiger partial charge in [-0.2, -0.15) is 0 Å². The van der Waals surface area contributed by atoms with E-state index in [-0.39, 0.29) is 6.42 Å². The Bertz CT molecular complexity index is 1400. The quantitative estimate of drug-likeness (QED) is 0.310. The highest BCUT2D eigenvalue weighted by Crippen LogP contribution is 2.36. The van der Waals surface area contributed by atoms with E-state index in [2.05, 4.69) is 72.0 Å². The van der Waals surface area contributed by atoms with E-state index < -0.39 is 5.97 Å². The van der Waals surface area contributed by atoms with Gasteiger partial charge in [0.05, 0.1) is 6.42 Å². The van der Waals surface area contributed by atoms with Gasteiger partial charge in [-0.3, -0.25) is 4.79 Å². The number of hydrogen-bond donors (Lipinski definition) is 2. The zero-order valence-corrected chi connectivity index (χ0v) is 17.7. The molecule has 0 saturated carbocycles. The maximum atomic E-state index is 11.0. The summed E-state index contributed by atoms with van der Waals surface area (Å²) in [6, 6.07) is 31.4. The van der Waals surface area contributed by atoms with Crippen LogP contribution in [0.3, 0.4) is 0 Å². The van der Waals surface area contributed by atoms with E-state index in [0.29, 0.717) is 6.54 Å². The second-order valence-corrected chi connectivity index (χ2v) is 8.76. The molecule has 0 radical (unpaired) electrons. The lowest BCUT2D eigenvalue weighted by molar-refractivity contribution is -0.136. The minimum absolute atomic E-state index is 0.0352. The summed E-state index contributed by atoms with van der Waals surface area (Å²) in [4.78, 5) is 12.2. The molecule has 0 saturated heterocycles. The van der Waals surface area contributed by atoms with Gasteiger partial charge in [-0.15, -0.1) is 11.3 Å². The summed E-state index contributed by atoms with van der Waals surface area (Å²) in [6.07, 6.45) is 0.0352. The molecule has 4 aromatic carbocycles. The van der Waals surface area contributed by atoms with Crippen molar-refractivity contribution >= 4 is 43.9 Å². The third-order valence-corrected chi connectivity index (χ3v) is 6.59.